The fourth-order valence-electron chi connectivity index (χ4n) is 4.56. The molecule has 10 heteroatoms. The summed E-state index contributed by atoms with van der Waals surface area (Å²) in [5, 5.41) is 17.1. The number of fused-ring (bicyclic) bond motifs is 2. The van der Waals surface area contributed by atoms with Crippen molar-refractivity contribution in [3.8, 4) is 17.5 Å². The van der Waals surface area contributed by atoms with Crippen LogP contribution in [0.4, 0.5) is 19.0 Å². The molecule has 31 heavy (non-hydrogen) atoms. The molecule has 1 aliphatic heterocycles. The number of hydrogen-bond acceptors (Lipinski definition) is 5. The average Bonchev–Trinajstić information content (AvgIpc) is 3.08. The van der Waals surface area contributed by atoms with Crippen molar-refractivity contribution in [2.24, 2.45) is 0 Å². The highest BCUT2D eigenvalue weighted by Crippen LogP contribution is 2.48. The Morgan fingerprint density at radius 1 is 1.23 bits per heavy atom. The van der Waals surface area contributed by atoms with Gasteiger partial charge in [0.05, 0.1) is 29.5 Å². The summed E-state index contributed by atoms with van der Waals surface area (Å²) in [6.07, 6.45) is -1.47. The SMILES string of the molecule is N#CCC1(n2nc(-c3ncnc4c3[C@@H](C(F)(F)F)CC(=O)N4)c3ccccc32)CCC1. The minimum atomic E-state index is -4.64. The zero-order chi connectivity index (χ0) is 21.8. The van der Waals surface area contributed by atoms with Crippen LogP contribution in [0, 0.1) is 11.3 Å². The summed E-state index contributed by atoms with van der Waals surface area (Å²) in [6.45, 7) is 0. The second kappa shape index (κ2) is 6.77. The second-order valence-electron chi connectivity index (χ2n) is 8.02. The van der Waals surface area contributed by atoms with Gasteiger partial charge in [0.15, 0.2) is 0 Å². The van der Waals surface area contributed by atoms with Gasteiger partial charge in [0, 0.05) is 17.4 Å². The van der Waals surface area contributed by atoms with E-state index in [0.717, 1.165) is 31.1 Å². The molecule has 3 aromatic rings. The molecule has 0 radical (unpaired) electrons. The van der Waals surface area contributed by atoms with Crippen LogP contribution in [0.15, 0.2) is 30.6 Å². The first-order valence-electron chi connectivity index (χ1n) is 9.91. The van der Waals surface area contributed by atoms with E-state index in [-0.39, 0.29) is 23.5 Å². The molecule has 3 heterocycles. The molecule has 1 N–H and O–H groups in total. The molecule has 0 unspecified atom stereocenters. The topological polar surface area (TPSA) is 96.5 Å². The van der Waals surface area contributed by atoms with Gasteiger partial charge in [-0.2, -0.15) is 23.5 Å². The molecule has 0 bridgehead atoms. The minimum absolute atomic E-state index is 0.0497. The van der Waals surface area contributed by atoms with E-state index in [1.54, 1.807) is 16.8 Å². The molecule has 2 aliphatic rings. The number of nitrogens with zero attached hydrogens (tertiary/aromatic N) is 5. The summed E-state index contributed by atoms with van der Waals surface area (Å²) in [5.74, 6) is -2.90. The van der Waals surface area contributed by atoms with Crippen molar-refractivity contribution in [2.75, 3.05) is 5.32 Å². The van der Waals surface area contributed by atoms with Gasteiger partial charge in [0.25, 0.3) is 0 Å². The second-order valence-corrected chi connectivity index (χ2v) is 8.02. The Balaban J connectivity index is 1.77. The zero-order valence-corrected chi connectivity index (χ0v) is 16.3. The van der Waals surface area contributed by atoms with Gasteiger partial charge in [0.1, 0.15) is 23.5 Å². The van der Waals surface area contributed by atoms with Crippen LogP contribution in [-0.2, 0) is 10.3 Å². The Bertz CT molecular complexity index is 1240. The number of anilines is 1. The van der Waals surface area contributed by atoms with Crippen molar-refractivity contribution in [3.63, 3.8) is 0 Å². The molecule has 1 fully saturated rings. The number of amides is 1. The Labute approximate surface area is 174 Å². The highest BCUT2D eigenvalue weighted by molar-refractivity contribution is 5.98. The van der Waals surface area contributed by atoms with Gasteiger partial charge in [-0.05, 0) is 25.3 Å². The van der Waals surface area contributed by atoms with Crippen LogP contribution in [0.1, 0.15) is 43.6 Å². The van der Waals surface area contributed by atoms with Crippen molar-refractivity contribution in [1.29, 1.82) is 5.26 Å². The van der Waals surface area contributed by atoms with Gasteiger partial charge in [-0.25, -0.2) is 9.97 Å². The smallest absolute Gasteiger partial charge is 0.310 e. The first-order valence-corrected chi connectivity index (χ1v) is 9.91. The molecule has 158 valence electrons. The van der Waals surface area contributed by atoms with Gasteiger partial charge in [-0.15, -0.1) is 0 Å². The molecule has 1 amide bonds. The van der Waals surface area contributed by atoms with Gasteiger partial charge in [-0.1, -0.05) is 18.2 Å². The van der Waals surface area contributed by atoms with Crippen LogP contribution in [0.3, 0.4) is 0 Å². The Kier molecular flexibility index (Phi) is 4.25. The molecule has 1 saturated carbocycles. The maximum atomic E-state index is 13.9. The predicted octanol–water partition coefficient (Wildman–Crippen LogP) is 4.27. The number of nitrogens with one attached hydrogen (secondary N) is 1. The number of rotatable bonds is 3. The normalized spacial score (nSPS) is 19.9. The standard InChI is InChI=1S/C21H17F3N6O/c22-21(23,24)13-10-15(31)28-19-16(13)18(26-11-27-19)17-12-4-1-2-5-14(12)30(29-17)20(8-9-25)6-3-7-20/h1-2,4-5,11,13H,3,6-8,10H2,(H,26,27,28,31)/t13-/m0/s1. The fourth-order valence-corrected chi connectivity index (χ4v) is 4.56. The Hall–Kier alpha value is -3.48. The van der Waals surface area contributed by atoms with E-state index in [4.69, 9.17) is 5.10 Å². The maximum absolute atomic E-state index is 13.9. The monoisotopic (exact) mass is 426 g/mol. The fraction of sp³-hybridized carbons (Fsp3) is 0.381. The van der Waals surface area contributed by atoms with E-state index < -0.39 is 30.0 Å². The molecule has 1 atom stereocenters. The van der Waals surface area contributed by atoms with Gasteiger partial charge in [-0.3, -0.25) is 9.48 Å². The summed E-state index contributed by atoms with van der Waals surface area (Å²) in [7, 11) is 0. The predicted molar refractivity (Wildman–Crippen MR) is 105 cm³/mol. The van der Waals surface area contributed by atoms with Crippen LogP contribution in [0.5, 0.6) is 0 Å². The van der Waals surface area contributed by atoms with Crippen LogP contribution in [-0.4, -0.2) is 31.8 Å². The summed E-state index contributed by atoms with van der Waals surface area (Å²) < 4.78 is 43.4. The molecule has 1 aliphatic carbocycles. The van der Waals surface area contributed by atoms with E-state index in [1.165, 1.54) is 0 Å². The molecular weight excluding hydrogens is 409 g/mol. The summed E-state index contributed by atoms with van der Waals surface area (Å²) >= 11 is 0. The summed E-state index contributed by atoms with van der Waals surface area (Å²) in [4.78, 5) is 19.9. The van der Waals surface area contributed by atoms with Crippen molar-refractivity contribution in [3.05, 3.63) is 36.2 Å². The lowest BCUT2D eigenvalue weighted by molar-refractivity contribution is -0.156. The largest absolute Gasteiger partial charge is 0.396 e. The number of para-hydroxylation sites is 1. The Morgan fingerprint density at radius 2 is 2.00 bits per heavy atom. The molecular formula is C21H17F3N6O. The van der Waals surface area contributed by atoms with E-state index in [2.05, 4.69) is 21.4 Å². The minimum Gasteiger partial charge on any atom is -0.310 e. The summed E-state index contributed by atoms with van der Waals surface area (Å²) in [5.41, 5.74) is 0.436. The quantitative estimate of drug-likeness (QED) is 0.675. The Morgan fingerprint density at radius 3 is 2.68 bits per heavy atom. The van der Waals surface area contributed by atoms with Crippen LogP contribution >= 0.6 is 0 Å². The number of benzene rings is 1. The van der Waals surface area contributed by atoms with Gasteiger partial charge < -0.3 is 5.32 Å². The molecule has 0 saturated heterocycles. The highest BCUT2D eigenvalue weighted by Gasteiger charge is 2.48. The third-order valence-electron chi connectivity index (χ3n) is 6.23. The van der Waals surface area contributed by atoms with Crippen LogP contribution < -0.4 is 5.32 Å². The molecule has 7 nitrogen and oxygen atoms in total. The zero-order valence-electron chi connectivity index (χ0n) is 16.3. The molecule has 1 aromatic carbocycles. The molecule has 5 rings (SSSR count). The van der Waals surface area contributed by atoms with Crippen molar-refractivity contribution in [1.82, 2.24) is 19.7 Å². The van der Waals surface area contributed by atoms with Crippen LogP contribution in [0.2, 0.25) is 0 Å². The number of aromatic nitrogens is 4. The first kappa shape index (κ1) is 19.5. The lowest BCUT2D eigenvalue weighted by atomic mass is 9.74. The lowest BCUT2D eigenvalue weighted by Crippen LogP contribution is -2.41. The van der Waals surface area contributed by atoms with E-state index in [1.807, 2.05) is 12.1 Å². The number of carbonyl (C=O) groups is 1. The lowest BCUT2D eigenvalue weighted by Gasteiger charge is -2.40. The van der Waals surface area contributed by atoms with Crippen LogP contribution in [0.25, 0.3) is 22.3 Å². The third-order valence-corrected chi connectivity index (χ3v) is 6.23. The average molecular weight is 426 g/mol. The van der Waals surface area contributed by atoms with Gasteiger partial charge in [0.2, 0.25) is 5.91 Å². The number of alkyl halides is 3. The van der Waals surface area contributed by atoms with E-state index in [0.29, 0.717) is 11.1 Å². The number of nitriles is 1. The van der Waals surface area contributed by atoms with Crippen molar-refractivity contribution >= 4 is 22.6 Å². The van der Waals surface area contributed by atoms with Crippen molar-refractivity contribution in [2.45, 2.75) is 49.7 Å². The third kappa shape index (κ3) is 2.95. The van der Waals surface area contributed by atoms with E-state index in [9.17, 15) is 23.2 Å². The first-order chi connectivity index (χ1) is 14.8. The summed E-state index contributed by atoms with van der Waals surface area (Å²) in [6, 6.07) is 9.47. The number of carbonyl (C=O) groups excluding carboxylic acids is 1. The molecule has 0 spiro atoms. The van der Waals surface area contributed by atoms with Gasteiger partial charge >= 0.3 is 6.18 Å². The maximum Gasteiger partial charge on any atom is 0.396 e. The number of hydrogen-bond donors (Lipinski definition) is 1. The molecule has 2 aromatic heterocycles. The van der Waals surface area contributed by atoms with E-state index >= 15 is 0 Å². The van der Waals surface area contributed by atoms with Crippen molar-refractivity contribution < 1.29 is 18.0 Å². The highest BCUT2D eigenvalue weighted by atomic mass is 19.4. The number of halogens is 3.